The summed E-state index contributed by atoms with van der Waals surface area (Å²) >= 11 is 0. The van der Waals surface area contributed by atoms with Crippen molar-refractivity contribution in [1.29, 1.82) is 0 Å². The Morgan fingerprint density at radius 1 is 1.15 bits per heavy atom. The number of aromatic nitrogens is 1. The second-order valence-corrected chi connectivity index (χ2v) is 7.19. The van der Waals surface area contributed by atoms with E-state index in [0.717, 1.165) is 24.2 Å². The third kappa shape index (κ3) is 6.12. The van der Waals surface area contributed by atoms with Gasteiger partial charge in [0.15, 0.2) is 11.7 Å². The monoisotopic (exact) mass is 370 g/mol. The van der Waals surface area contributed by atoms with Crippen molar-refractivity contribution in [3.8, 4) is 17.1 Å². The van der Waals surface area contributed by atoms with E-state index in [9.17, 15) is 4.79 Å². The lowest BCUT2D eigenvalue weighted by Gasteiger charge is -2.20. The number of carbonyl (C=O) groups is 1. The zero-order valence-electron chi connectivity index (χ0n) is 16.2. The summed E-state index contributed by atoms with van der Waals surface area (Å²) < 4.78 is 11.3. The molecule has 1 aromatic carbocycles. The van der Waals surface area contributed by atoms with Gasteiger partial charge in [-0.1, -0.05) is 32.1 Å². The topological polar surface area (TPSA) is 64.4 Å². The number of benzene rings is 1. The van der Waals surface area contributed by atoms with Crippen LogP contribution in [0, 0.1) is 0 Å². The Morgan fingerprint density at radius 2 is 1.85 bits per heavy atom. The zero-order chi connectivity index (χ0) is 18.9. The lowest BCUT2D eigenvalue weighted by atomic mass is 9.96. The molecule has 5 heteroatoms. The summed E-state index contributed by atoms with van der Waals surface area (Å²) in [6, 6.07) is 8.09. The van der Waals surface area contributed by atoms with E-state index in [4.69, 9.17) is 9.15 Å². The molecule has 0 radical (unpaired) electrons. The minimum Gasteiger partial charge on any atom is -0.494 e. The molecular formula is C22H30N2O3. The fraction of sp³-hybridized carbons (Fsp3) is 0.545. The summed E-state index contributed by atoms with van der Waals surface area (Å²) in [5.41, 5.74) is 0.955. The number of nitrogens with zero attached hydrogens (tertiary/aromatic N) is 1. The summed E-state index contributed by atoms with van der Waals surface area (Å²) in [6.07, 6.45) is 11.2. The van der Waals surface area contributed by atoms with Crippen molar-refractivity contribution < 1.29 is 13.9 Å². The molecule has 1 fully saturated rings. The van der Waals surface area contributed by atoms with Gasteiger partial charge in [-0.2, -0.15) is 0 Å². The molecule has 3 rings (SSSR count). The Hall–Kier alpha value is -2.30. The van der Waals surface area contributed by atoms with E-state index in [1.807, 2.05) is 31.2 Å². The van der Waals surface area contributed by atoms with Gasteiger partial charge in [-0.3, -0.25) is 4.79 Å². The van der Waals surface area contributed by atoms with E-state index in [1.165, 1.54) is 32.1 Å². The molecule has 27 heavy (non-hydrogen) atoms. The number of aryl methyl sites for hydroxylation is 1. The van der Waals surface area contributed by atoms with Gasteiger partial charge in [0.1, 0.15) is 5.75 Å². The van der Waals surface area contributed by atoms with E-state index in [2.05, 4.69) is 10.3 Å². The number of carbonyl (C=O) groups excluding carboxylic acids is 1. The number of nitrogens with one attached hydrogen (secondary N) is 1. The van der Waals surface area contributed by atoms with Gasteiger partial charge in [-0.15, -0.1) is 0 Å². The van der Waals surface area contributed by atoms with Gasteiger partial charge in [0.25, 0.3) is 0 Å². The normalized spacial score (nSPS) is 15.7. The summed E-state index contributed by atoms with van der Waals surface area (Å²) in [5.74, 6) is 2.26. The molecule has 0 atom stereocenters. The summed E-state index contributed by atoms with van der Waals surface area (Å²) in [5, 5.41) is 3.19. The van der Waals surface area contributed by atoms with E-state index in [-0.39, 0.29) is 5.91 Å². The van der Waals surface area contributed by atoms with E-state index < -0.39 is 0 Å². The summed E-state index contributed by atoms with van der Waals surface area (Å²) in [7, 11) is 0. The van der Waals surface area contributed by atoms with E-state index in [1.54, 1.807) is 6.20 Å². The highest BCUT2D eigenvalue weighted by Gasteiger charge is 2.15. The molecule has 1 amide bonds. The first-order valence-electron chi connectivity index (χ1n) is 10.2. The van der Waals surface area contributed by atoms with Crippen LogP contribution < -0.4 is 10.1 Å². The van der Waals surface area contributed by atoms with Crippen LogP contribution in [0.4, 0.5) is 0 Å². The number of amides is 1. The minimum absolute atomic E-state index is 0.0985. The first-order valence-corrected chi connectivity index (χ1v) is 10.2. The van der Waals surface area contributed by atoms with Crippen LogP contribution in [0.15, 0.2) is 34.9 Å². The summed E-state index contributed by atoms with van der Waals surface area (Å²) in [6.45, 7) is 2.61. The molecule has 0 aliphatic heterocycles. The fourth-order valence-corrected chi connectivity index (χ4v) is 3.56. The predicted octanol–water partition coefficient (Wildman–Crippen LogP) is 4.90. The molecule has 1 aliphatic rings. The molecule has 1 saturated carbocycles. The van der Waals surface area contributed by atoms with Crippen LogP contribution in [0.25, 0.3) is 11.3 Å². The van der Waals surface area contributed by atoms with Crippen molar-refractivity contribution in [2.24, 2.45) is 0 Å². The van der Waals surface area contributed by atoms with Crippen molar-refractivity contribution in [3.63, 3.8) is 0 Å². The van der Waals surface area contributed by atoms with Crippen LogP contribution in [0.2, 0.25) is 0 Å². The Labute approximate surface area is 161 Å². The van der Waals surface area contributed by atoms with Crippen LogP contribution in [-0.2, 0) is 11.2 Å². The maximum atomic E-state index is 12.3. The first-order chi connectivity index (χ1) is 13.2. The van der Waals surface area contributed by atoms with Gasteiger partial charge in [-0.05, 0) is 44.0 Å². The third-order valence-electron chi connectivity index (χ3n) is 5.04. The van der Waals surface area contributed by atoms with Gasteiger partial charge in [0, 0.05) is 24.4 Å². The Kier molecular flexibility index (Phi) is 7.31. The number of rotatable bonds is 7. The molecule has 1 aromatic heterocycles. The standard InChI is InChI=1S/C22H30N2O3/c1-2-26-19-12-10-17(11-13-19)20-16-23-22(27-20)15-14-21(25)24-18-8-6-4-3-5-7-9-18/h10-13,16,18H,2-9,14-15H2,1H3,(H,24,25). The molecule has 5 nitrogen and oxygen atoms in total. The smallest absolute Gasteiger partial charge is 0.220 e. The SMILES string of the molecule is CCOc1ccc(-c2cnc(CCC(=O)NC3CCCCCCC3)o2)cc1. The minimum atomic E-state index is 0.0985. The van der Waals surface area contributed by atoms with Crippen molar-refractivity contribution in [1.82, 2.24) is 10.3 Å². The average Bonchev–Trinajstić information content (AvgIpc) is 3.12. The van der Waals surface area contributed by atoms with Gasteiger partial charge in [0.05, 0.1) is 12.8 Å². The highest BCUT2D eigenvalue weighted by molar-refractivity contribution is 5.76. The van der Waals surface area contributed by atoms with Crippen molar-refractivity contribution in [2.75, 3.05) is 6.61 Å². The molecule has 0 saturated heterocycles. The van der Waals surface area contributed by atoms with Crippen LogP contribution in [0.5, 0.6) is 5.75 Å². The number of hydrogen-bond acceptors (Lipinski definition) is 4. The molecule has 2 aromatic rings. The molecular weight excluding hydrogens is 340 g/mol. The van der Waals surface area contributed by atoms with Crippen molar-refractivity contribution in [3.05, 3.63) is 36.4 Å². The fourth-order valence-electron chi connectivity index (χ4n) is 3.56. The maximum absolute atomic E-state index is 12.3. The number of hydrogen-bond donors (Lipinski definition) is 1. The highest BCUT2D eigenvalue weighted by Crippen LogP contribution is 2.24. The largest absolute Gasteiger partial charge is 0.494 e. The number of oxazole rings is 1. The highest BCUT2D eigenvalue weighted by atomic mass is 16.5. The Bertz CT molecular complexity index is 701. The quantitative estimate of drug-likeness (QED) is 0.753. The molecule has 0 bridgehead atoms. The third-order valence-corrected chi connectivity index (χ3v) is 5.04. The van der Waals surface area contributed by atoms with Gasteiger partial charge in [0.2, 0.25) is 5.91 Å². The van der Waals surface area contributed by atoms with E-state index in [0.29, 0.717) is 37.1 Å². The van der Waals surface area contributed by atoms with Gasteiger partial charge < -0.3 is 14.5 Å². The zero-order valence-corrected chi connectivity index (χ0v) is 16.2. The Balaban J connectivity index is 1.47. The average molecular weight is 370 g/mol. The molecule has 1 aliphatic carbocycles. The maximum Gasteiger partial charge on any atom is 0.220 e. The van der Waals surface area contributed by atoms with Crippen molar-refractivity contribution in [2.45, 2.75) is 70.8 Å². The van der Waals surface area contributed by atoms with Crippen LogP contribution in [0.1, 0.15) is 64.2 Å². The molecule has 0 unspecified atom stereocenters. The second-order valence-electron chi connectivity index (χ2n) is 7.19. The van der Waals surface area contributed by atoms with Crippen LogP contribution in [0.3, 0.4) is 0 Å². The number of ether oxygens (including phenoxy) is 1. The molecule has 0 spiro atoms. The lowest BCUT2D eigenvalue weighted by molar-refractivity contribution is -0.122. The second kappa shape index (κ2) is 10.1. The van der Waals surface area contributed by atoms with Crippen molar-refractivity contribution >= 4 is 5.91 Å². The Morgan fingerprint density at radius 3 is 2.56 bits per heavy atom. The predicted molar refractivity (Wildman–Crippen MR) is 106 cm³/mol. The summed E-state index contributed by atoms with van der Waals surface area (Å²) in [4.78, 5) is 16.6. The molecule has 1 N–H and O–H groups in total. The van der Waals surface area contributed by atoms with Crippen LogP contribution >= 0.6 is 0 Å². The van der Waals surface area contributed by atoms with E-state index >= 15 is 0 Å². The first kappa shape index (κ1) is 19.5. The van der Waals surface area contributed by atoms with Crippen LogP contribution in [-0.4, -0.2) is 23.5 Å². The van der Waals surface area contributed by atoms with Gasteiger partial charge in [-0.25, -0.2) is 4.98 Å². The molecule has 1 heterocycles. The molecule has 146 valence electrons. The van der Waals surface area contributed by atoms with Gasteiger partial charge >= 0.3 is 0 Å². The lowest BCUT2D eigenvalue weighted by Crippen LogP contribution is -2.35.